The second-order valence-corrected chi connectivity index (χ2v) is 8.03. The molecule has 0 saturated heterocycles. The van der Waals surface area contributed by atoms with Crippen molar-refractivity contribution in [1.29, 1.82) is 0 Å². The molecule has 0 atom stereocenters. The molecule has 0 spiro atoms. The first-order chi connectivity index (χ1) is 14.4. The second-order valence-electron chi connectivity index (χ2n) is 8.03. The number of hydrogen-bond acceptors (Lipinski definition) is 3. The van der Waals surface area contributed by atoms with Gasteiger partial charge in [-0.1, -0.05) is 65.0 Å². The summed E-state index contributed by atoms with van der Waals surface area (Å²) in [5.74, 6) is 0. The van der Waals surface area contributed by atoms with Crippen molar-refractivity contribution < 1.29 is 5.11 Å². The zero-order valence-corrected chi connectivity index (χ0v) is 19.1. The summed E-state index contributed by atoms with van der Waals surface area (Å²) in [7, 11) is 0. The molecule has 0 aliphatic carbocycles. The van der Waals surface area contributed by atoms with Crippen LogP contribution in [0.15, 0.2) is 49.6 Å². The average Bonchev–Trinajstić information content (AvgIpc) is 2.73. The predicted octanol–water partition coefficient (Wildman–Crippen LogP) is 6.66. The summed E-state index contributed by atoms with van der Waals surface area (Å²) < 4.78 is 0. The van der Waals surface area contributed by atoms with Crippen molar-refractivity contribution in [3.05, 3.63) is 77.4 Å². The molecule has 0 amide bonds. The van der Waals surface area contributed by atoms with E-state index in [2.05, 4.69) is 75.8 Å². The predicted molar refractivity (Wildman–Crippen MR) is 131 cm³/mol. The first-order valence-corrected chi connectivity index (χ1v) is 11.2. The maximum absolute atomic E-state index is 9.85. The number of rotatable bonds is 12. The monoisotopic (exact) mass is 406 g/mol. The van der Waals surface area contributed by atoms with E-state index >= 15 is 0 Å². The summed E-state index contributed by atoms with van der Waals surface area (Å²) in [6, 6.07) is 12.9. The first-order valence-electron chi connectivity index (χ1n) is 11.2. The van der Waals surface area contributed by atoms with E-state index < -0.39 is 0 Å². The van der Waals surface area contributed by atoms with E-state index in [9.17, 15) is 5.11 Å². The van der Waals surface area contributed by atoms with Crippen molar-refractivity contribution in [3.8, 4) is 0 Å². The van der Waals surface area contributed by atoms with Crippen LogP contribution in [0.3, 0.4) is 0 Å². The summed E-state index contributed by atoms with van der Waals surface area (Å²) >= 11 is 0. The van der Waals surface area contributed by atoms with Gasteiger partial charge in [-0.25, -0.2) is 0 Å². The highest BCUT2D eigenvalue weighted by molar-refractivity contribution is 5.78. The Morgan fingerprint density at radius 2 is 1.60 bits per heavy atom. The van der Waals surface area contributed by atoms with Gasteiger partial charge in [0.1, 0.15) is 0 Å². The molecular weight excluding hydrogens is 368 g/mol. The number of benzene rings is 2. The summed E-state index contributed by atoms with van der Waals surface area (Å²) in [5, 5.41) is 16.9. The number of aliphatic hydroxyl groups excluding tert-OH is 1. The van der Waals surface area contributed by atoms with Crippen molar-refractivity contribution in [2.24, 2.45) is 0 Å². The van der Waals surface area contributed by atoms with Gasteiger partial charge in [-0.2, -0.15) is 0 Å². The van der Waals surface area contributed by atoms with Gasteiger partial charge in [0.05, 0.1) is 6.61 Å². The number of hydrogen-bond donors (Lipinski definition) is 3. The highest BCUT2D eigenvalue weighted by Crippen LogP contribution is 2.25. The number of aliphatic hydroxyl groups is 1. The molecule has 0 aromatic heterocycles. The molecule has 0 radical (unpaired) electrons. The highest BCUT2D eigenvalue weighted by atomic mass is 16.3. The molecule has 0 fully saturated rings. The summed E-state index contributed by atoms with van der Waals surface area (Å²) in [6.45, 7) is 17.2. The van der Waals surface area contributed by atoms with Gasteiger partial charge in [0, 0.05) is 28.7 Å². The number of nitrogens with one attached hydrogen (secondary N) is 2. The van der Waals surface area contributed by atoms with Crippen LogP contribution in [-0.4, -0.2) is 11.1 Å². The maximum Gasteiger partial charge on any atom is 0.0688 e. The van der Waals surface area contributed by atoms with Crippen molar-refractivity contribution >= 4 is 17.1 Å². The Hall–Kier alpha value is -2.52. The van der Waals surface area contributed by atoms with Crippen LogP contribution in [0.2, 0.25) is 0 Å². The zero-order valence-electron chi connectivity index (χ0n) is 19.1. The van der Waals surface area contributed by atoms with Crippen LogP contribution in [-0.2, 0) is 13.0 Å². The molecule has 0 aliphatic rings. The molecule has 2 rings (SSSR count). The summed E-state index contributed by atoms with van der Waals surface area (Å²) in [5.41, 5.74) is 8.18. The van der Waals surface area contributed by atoms with Crippen LogP contribution >= 0.6 is 0 Å². The van der Waals surface area contributed by atoms with Gasteiger partial charge in [0.15, 0.2) is 0 Å². The fraction of sp³-hybridized carbons (Fsp3) is 0.407. The Kier molecular flexibility index (Phi) is 9.19. The van der Waals surface area contributed by atoms with Crippen LogP contribution in [0.1, 0.15) is 74.3 Å². The largest absolute Gasteiger partial charge is 0.392 e. The van der Waals surface area contributed by atoms with Crippen molar-refractivity contribution in [2.45, 2.75) is 72.4 Å². The topological polar surface area (TPSA) is 44.3 Å². The van der Waals surface area contributed by atoms with E-state index in [4.69, 9.17) is 0 Å². The van der Waals surface area contributed by atoms with E-state index in [-0.39, 0.29) is 6.61 Å². The lowest BCUT2D eigenvalue weighted by atomic mass is 9.99. The quantitative estimate of drug-likeness (QED) is 0.369. The van der Waals surface area contributed by atoms with E-state index in [1.807, 2.05) is 12.1 Å². The molecule has 0 heterocycles. The van der Waals surface area contributed by atoms with E-state index in [1.165, 1.54) is 11.1 Å². The van der Waals surface area contributed by atoms with E-state index in [1.54, 1.807) is 0 Å². The Labute approximate surface area is 182 Å². The maximum atomic E-state index is 9.85. The van der Waals surface area contributed by atoms with Crippen LogP contribution < -0.4 is 10.6 Å². The Bertz CT molecular complexity index is 863. The van der Waals surface area contributed by atoms with Gasteiger partial charge in [0.2, 0.25) is 0 Å². The van der Waals surface area contributed by atoms with Gasteiger partial charge in [-0.15, -0.1) is 0 Å². The van der Waals surface area contributed by atoms with E-state index in [0.29, 0.717) is 6.04 Å². The molecule has 30 heavy (non-hydrogen) atoms. The zero-order chi connectivity index (χ0) is 22.1. The summed E-state index contributed by atoms with van der Waals surface area (Å²) in [6.07, 6.45) is 5.53. The van der Waals surface area contributed by atoms with Crippen molar-refractivity contribution in [2.75, 3.05) is 5.32 Å². The molecule has 3 heteroatoms. The fourth-order valence-corrected chi connectivity index (χ4v) is 3.91. The highest BCUT2D eigenvalue weighted by Gasteiger charge is 2.13. The van der Waals surface area contributed by atoms with Gasteiger partial charge in [-0.3, -0.25) is 0 Å². The Morgan fingerprint density at radius 3 is 2.17 bits per heavy atom. The molecule has 3 nitrogen and oxygen atoms in total. The van der Waals surface area contributed by atoms with Gasteiger partial charge < -0.3 is 15.7 Å². The lowest BCUT2D eigenvalue weighted by Gasteiger charge is -2.22. The second kappa shape index (κ2) is 11.6. The number of aryl methyl sites for hydroxylation is 2. The molecule has 2 aromatic carbocycles. The minimum absolute atomic E-state index is 0.0138. The Balaban J connectivity index is 2.22. The van der Waals surface area contributed by atoms with Crippen LogP contribution in [0.5, 0.6) is 0 Å². The summed E-state index contributed by atoms with van der Waals surface area (Å²) in [4.78, 5) is 0. The fourth-order valence-electron chi connectivity index (χ4n) is 3.91. The van der Waals surface area contributed by atoms with Crippen LogP contribution in [0.4, 0.5) is 5.69 Å². The number of anilines is 1. The average molecular weight is 407 g/mol. The normalized spacial score (nSPS) is 10.9. The molecule has 0 unspecified atom stereocenters. The smallest absolute Gasteiger partial charge is 0.0688 e. The molecule has 3 N–H and O–H groups in total. The third kappa shape index (κ3) is 6.24. The van der Waals surface area contributed by atoms with Crippen molar-refractivity contribution in [1.82, 2.24) is 5.32 Å². The van der Waals surface area contributed by atoms with Gasteiger partial charge in [0.25, 0.3) is 0 Å². The SMILES string of the molecule is C=C(Nc1ccc(CC)c(C)c1)c1ccc(CO)c(C(=C)NC(CCC)CCC)c1. The van der Waals surface area contributed by atoms with Crippen LogP contribution in [0.25, 0.3) is 11.4 Å². The van der Waals surface area contributed by atoms with E-state index in [0.717, 1.165) is 65.9 Å². The molecule has 2 aromatic rings. The minimum Gasteiger partial charge on any atom is -0.392 e. The molecule has 0 bridgehead atoms. The lowest BCUT2D eigenvalue weighted by Crippen LogP contribution is -2.27. The van der Waals surface area contributed by atoms with Gasteiger partial charge >= 0.3 is 0 Å². The minimum atomic E-state index is -0.0138. The van der Waals surface area contributed by atoms with Crippen molar-refractivity contribution in [3.63, 3.8) is 0 Å². The molecule has 0 saturated carbocycles. The van der Waals surface area contributed by atoms with Gasteiger partial charge in [-0.05, 0) is 66.6 Å². The standard InChI is InChI=1S/C27H38N2O/c1-7-10-25(11-8-2)29-21(6)27-17-23(12-13-24(27)18-30)20(5)28-26-15-14-22(9-3)19(4)16-26/h12-17,25,28-30H,5-11,18H2,1-4H3. The van der Waals surface area contributed by atoms with Crippen LogP contribution in [0, 0.1) is 6.92 Å². The lowest BCUT2D eigenvalue weighted by molar-refractivity contribution is 0.281. The third-order valence-electron chi connectivity index (χ3n) is 5.63. The molecule has 162 valence electrons. The Morgan fingerprint density at radius 1 is 0.933 bits per heavy atom. The first kappa shape index (κ1) is 23.8. The molecular formula is C27H38N2O. The third-order valence-corrected chi connectivity index (χ3v) is 5.63. The molecule has 0 aliphatic heterocycles.